The Bertz CT molecular complexity index is 1340. The number of rotatable bonds is 6. The second-order valence-electron chi connectivity index (χ2n) is 7.47. The maximum Gasteiger partial charge on any atom is 0.354 e. The van der Waals surface area contributed by atoms with Gasteiger partial charge >= 0.3 is 11.9 Å². The molecule has 0 saturated heterocycles. The monoisotopic (exact) mass is 492 g/mol. The van der Waals surface area contributed by atoms with Crippen molar-refractivity contribution in [3.05, 3.63) is 70.8 Å². The maximum atomic E-state index is 13.0. The number of nitrogens with one attached hydrogen (secondary N) is 1. The number of fused-ring (bicyclic) bond motifs is 2. The van der Waals surface area contributed by atoms with E-state index < -0.39 is 17.8 Å². The molecule has 1 amide bonds. The van der Waals surface area contributed by atoms with Gasteiger partial charge in [-0.2, -0.15) is 14.6 Å². The fourth-order valence-electron chi connectivity index (χ4n) is 3.78. The van der Waals surface area contributed by atoms with Gasteiger partial charge in [0.05, 0.1) is 18.2 Å². The van der Waals surface area contributed by atoms with Crippen molar-refractivity contribution in [3.63, 3.8) is 0 Å². The minimum atomic E-state index is -1.27. The van der Waals surface area contributed by atoms with E-state index in [-0.39, 0.29) is 37.2 Å². The van der Waals surface area contributed by atoms with Crippen molar-refractivity contribution in [1.82, 2.24) is 24.9 Å². The van der Waals surface area contributed by atoms with Crippen molar-refractivity contribution in [3.8, 4) is 12.3 Å². The summed E-state index contributed by atoms with van der Waals surface area (Å²) < 4.78 is 6.33. The molecule has 2 heterocycles. The Morgan fingerprint density at radius 1 is 1.42 bits per heavy atom. The first-order valence-corrected chi connectivity index (χ1v) is 10.6. The molecule has 36 heavy (non-hydrogen) atoms. The molecule has 0 unspecified atom stereocenters. The molecule has 0 radical (unpaired) electrons. The lowest BCUT2D eigenvalue weighted by Crippen LogP contribution is -2.29. The first-order chi connectivity index (χ1) is 16.8. The summed E-state index contributed by atoms with van der Waals surface area (Å²) in [6, 6.07) is 4.37. The van der Waals surface area contributed by atoms with E-state index in [1.54, 1.807) is 6.07 Å². The van der Waals surface area contributed by atoms with Crippen LogP contribution in [0.1, 0.15) is 67.9 Å². The van der Waals surface area contributed by atoms with Crippen LogP contribution in [0.5, 0.6) is 0 Å². The number of amides is 1. The number of aromatic nitrogens is 4. The highest BCUT2D eigenvalue weighted by Crippen LogP contribution is 2.35. The molecule has 3 aromatic rings. The lowest BCUT2D eigenvalue weighted by Gasteiger charge is -2.16. The molecule has 1 aliphatic carbocycles. The van der Waals surface area contributed by atoms with Gasteiger partial charge in [-0.1, -0.05) is 32.1 Å². The van der Waals surface area contributed by atoms with Crippen molar-refractivity contribution in [2.45, 2.75) is 33.2 Å². The van der Waals surface area contributed by atoms with Crippen LogP contribution in [0.3, 0.4) is 0 Å². The van der Waals surface area contributed by atoms with Crippen LogP contribution in [0.2, 0.25) is 0 Å². The Kier molecular flexibility index (Phi) is 9.41. The highest BCUT2D eigenvalue weighted by molar-refractivity contribution is 5.96. The highest BCUT2D eigenvalue weighted by atomic mass is 16.5. The van der Waals surface area contributed by atoms with Crippen molar-refractivity contribution in [1.29, 1.82) is 0 Å². The molecule has 0 bridgehead atoms. The first kappa shape index (κ1) is 27.7. The highest BCUT2D eigenvalue weighted by Gasteiger charge is 2.29. The number of hydrogen-bond donors (Lipinski definition) is 3. The molecule has 2 aromatic heterocycles. The zero-order valence-electron chi connectivity index (χ0n) is 19.0. The summed E-state index contributed by atoms with van der Waals surface area (Å²) in [5.74, 6) is 0.0530. The zero-order valence-corrected chi connectivity index (χ0v) is 19.0. The SMILES string of the molecule is C.C#CCN.C=CCOC(=O)c1ccc2c(c1C)CC[C@@H]2NC(=O)c1cc(C(=O)O)nc2ncnn12. The molecule has 11 heteroatoms. The summed E-state index contributed by atoms with van der Waals surface area (Å²) in [4.78, 5) is 44.3. The summed E-state index contributed by atoms with van der Waals surface area (Å²) in [6.45, 7) is 5.87. The van der Waals surface area contributed by atoms with Gasteiger partial charge in [-0.15, -0.1) is 6.42 Å². The summed E-state index contributed by atoms with van der Waals surface area (Å²) in [7, 11) is 0. The van der Waals surface area contributed by atoms with Gasteiger partial charge in [-0.25, -0.2) is 14.6 Å². The number of carboxylic acid groups (broad SMARTS) is 1. The normalized spacial score (nSPS) is 13.3. The van der Waals surface area contributed by atoms with Gasteiger partial charge in [-0.05, 0) is 42.5 Å². The van der Waals surface area contributed by atoms with Crippen molar-refractivity contribution in [2.24, 2.45) is 5.73 Å². The summed E-state index contributed by atoms with van der Waals surface area (Å²) >= 11 is 0. The maximum absolute atomic E-state index is 13.0. The van der Waals surface area contributed by atoms with Crippen LogP contribution in [-0.4, -0.2) is 55.7 Å². The topological polar surface area (TPSA) is 162 Å². The number of aromatic carboxylic acids is 1. The Labute approximate surface area is 208 Å². The van der Waals surface area contributed by atoms with Crippen LogP contribution in [0.15, 0.2) is 37.2 Å². The number of esters is 1. The molecule has 0 aliphatic heterocycles. The largest absolute Gasteiger partial charge is 0.477 e. The van der Waals surface area contributed by atoms with Gasteiger partial charge in [0.25, 0.3) is 11.7 Å². The molecule has 4 N–H and O–H groups in total. The molecule has 1 atom stereocenters. The van der Waals surface area contributed by atoms with Crippen LogP contribution in [-0.2, 0) is 11.2 Å². The minimum Gasteiger partial charge on any atom is -0.477 e. The molecule has 0 spiro atoms. The molecule has 188 valence electrons. The lowest BCUT2D eigenvalue weighted by atomic mass is 9.98. The number of hydrogen-bond acceptors (Lipinski definition) is 8. The second kappa shape index (κ2) is 12.2. The first-order valence-electron chi connectivity index (χ1n) is 10.6. The van der Waals surface area contributed by atoms with Gasteiger partial charge in [0.1, 0.15) is 18.6 Å². The average Bonchev–Trinajstić information content (AvgIpc) is 3.49. The summed E-state index contributed by atoms with van der Waals surface area (Å²) in [5.41, 5.74) is 7.72. The van der Waals surface area contributed by atoms with E-state index in [9.17, 15) is 19.5 Å². The van der Waals surface area contributed by atoms with E-state index in [0.29, 0.717) is 24.9 Å². The van der Waals surface area contributed by atoms with E-state index >= 15 is 0 Å². The average molecular weight is 493 g/mol. The Hall–Kier alpha value is -4.56. The molecular weight excluding hydrogens is 464 g/mol. The summed E-state index contributed by atoms with van der Waals surface area (Å²) in [6.07, 6.45) is 8.69. The summed E-state index contributed by atoms with van der Waals surface area (Å²) in [5, 5.41) is 16.2. The third kappa shape index (κ3) is 5.73. The van der Waals surface area contributed by atoms with Crippen LogP contribution in [0.25, 0.3) is 5.78 Å². The smallest absolute Gasteiger partial charge is 0.354 e. The Balaban J connectivity index is 0.000000850. The van der Waals surface area contributed by atoms with Crippen LogP contribution < -0.4 is 11.1 Å². The molecule has 4 rings (SSSR count). The predicted octanol–water partition coefficient (Wildman–Crippen LogP) is 2.11. The van der Waals surface area contributed by atoms with Gasteiger partial charge in [0.15, 0.2) is 5.69 Å². The van der Waals surface area contributed by atoms with E-state index in [1.807, 2.05) is 13.0 Å². The quantitative estimate of drug-likeness (QED) is 0.266. The molecule has 1 aromatic carbocycles. The number of terminal acetylenes is 1. The molecule has 11 nitrogen and oxygen atoms in total. The van der Waals surface area contributed by atoms with E-state index in [2.05, 4.69) is 39.3 Å². The van der Waals surface area contributed by atoms with E-state index in [4.69, 9.17) is 10.5 Å². The van der Waals surface area contributed by atoms with E-state index in [1.165, 1.54) is 23.0 Å². The van der Waals surface area contributed by atoms with Crippen LogP contribution in [0, 0.1) is 19.3 Å². The van der Waals surface area contributed by atoms with Gasteiger partial charge in [0, 0.05) is 6.07 Å². The fraction of sp³-hybridized carbons (Fsp3) is 0.280. The minimum absolute atomic E-state index is 0. The second-order valence-corrected chi connectivity index (χ2v) is 7.47. The number of benzene rings is 1. The predicted molar refractivity (Wildman–Crippen MR) is 133 cm³/mol. The third-order valence-electron chi connectivity index (χ3n) is 5.37. The number of carbonyl (C=O) groups excluding carboxylic acids is 2. The lowest BCUT2D eigenvalue weighted by molar-refractivity contribution is 0.0548. The van der Waals surface area contributed by atoms with Crippen molar-refractivity contribution < 1.29 is 24.2 Å². The zero-order chi connectivity index (χ0) is 25.5. The molecule has 0 saturated carbocycles. The molecular formula is C25H28N6O5. The van der Waals surface area contributed by atoms with E-state index in [0.717, 1.165) is 16.7 Å². The third-order valence-corrected chi connectivity index (χ3v) is 5.37. The van der Waals surface area contributed by atoms with Crippen LogP contribution in [0.4, 0.5) is 0 Å². The Morgan fingerprint density at radius 3 is 2.78 bits per heavy atom. The number of nitrogens with two attached hydrogens (primary N) is 1. The van der Waals surface area contributed by atoms with Crippen molar-refractivity contribution in [2.75, 3.05) is 13.2 Å². The van der Waals surface area contributed by atoms with Crippen LogP contribution >= 0.6 is 0 Å². The number of nitrogens with zero attached hydrogens (tertiary/aromatic N) is 4. The number of carbonyl (C=O) groups is 3. The van der Waals surface area contributed by atoms with Gasteiger partial charge in [0.2, 0.25) is 0 Å². The molecule has 1 aliphatic rings. The molecule has 0 fully saturated rings. The van der Waals surface area contributed by atoms with Gasteiger partial charge < -0.3 is 20.9 Å². The van der Waals surface area contributed by atoms with Gasteiger partial charge in [-0.3, -0.25) is 4.79 Å². The standard InChI is InChI=1S/C21H19N5O5.C3H5N.CH4/c1-3-8-31-20(30)13-4-5-14-12(11(13)2)6-7-15(14)24-18(27)17-9-16(19(28)29)25-21-22-10-23-26(17)21;1-2-3-4;/h3-5,9-10,15H,1,6-8H2,2H3,(H,24,27)(H,28,29);1H,3-4H2;1H4/t15-;;/m0../s1. The number of carboxylic acids is 1. The fourth-order valence-corrected chi connectivity index (χ4v) is 3.78. The van der Waals surface area contributed by atoms with Crippen molar-refractivity contribution >= 4 is 23.6 Å². The Morgan fingerprint density at radius 2 is 2.14 bits per heavy atom. The number of ether oxygens (including phenoxy) is 1.